The van der Waals surface area contributed by atoms with E-state index in [4.69, 9.17) is 16.3 Å². The molecule has 0 bridgehead atoms. The second kappa shape index (κ2) is 10.4. The van der Waals surface area contributed by atoms with Gasteiger partial charge in [-0.05, 0) is 30.2 Å². The maximum absolute atomic E-state index is 12.5. The van der Waals surface area contributed by atoms with E-state index in [9.17, 15) is 19.7 Å². The molecule has 2 rings (SSSR count). The van der Waals surface area contributed by atoms with Gasteiger partial charge >= 0.3 is 0 Å². The first-order valence-electron chi connectivity index (χ1n) is 8.94. The smallest absolute Gasteiger partial charge is 0.270 e. The Morgan fingerprint density at radius 1 is 1.23 bits per heavy atom. The van der Waals surface area contributed by atoms with Gasteiger partial charge in [-0.3, -0.25) is 19.7 Å². The van der Waals surface area contributed by atoms with Crippen LogP contribution >= 0.6 is 11.6 Å². The molecule has 0 radical (unpaired) electrons. The zero-order chi connectivity index (χ0) is 22.3. The largest absolute Gasteiger partial charge is 0.496 e. The quantitative estimate of drug-likeness (QED) is 0.376. The monoisotopic (exact) mass is 432 g/mol. The summed E-state index contributed by atoms with van der Waals surface area (Å²) in [6.45, 7) is 3.50. The van der Waals surface area contributed by atoms with Gasteiger partial charge in [0.25, 0.3) is 17.5 Å². The maximum atomic E-state index is 12.5. The number of nitrogens with zero attached hydrogens (tertiary/aromatic N) is 2. The number of carbonyl (C=O) groups excluding carboxylic acids is 2. The molecule has 0 saturated carbocycles. The number of nitro benzene ring substituents is 1. The molecule has 0 aliphatic carbocycles. The second-order valence-corrected chi connectivity index (χ2v) is 7.06. The molecule has 1 atom stereocenters. The van der Waals surface area contributed by atoms with E-state index < -0.39 is 22.8 Å². The van der Waals surface area contributed by atoms with Crippen LogP contribution in [0.2, 0.25) is 5.02 Å². The Morgan fingerprint density at radius 3 is 2.60 bits per heavy atom. The zero-order valence-corrected chi connectivity index (χ0v) is 17.3. The van der Waals surface area contributed by atoms with E-state index in [0.717, 1.165) is 6.07 Å². The van der Waals surface area contributed by atoms with Crippen molar-refractivity contribution >= 4 is 35.3 Å². The van der Waals surface area contributed by atoms with Gasteiger partial charge in [-0.1, -0.05) is 31.5 Å². The number of nitro groups is 1. The highest BCUT2D eigenvalue weighted by atomic mass is 35.5. The first-order valence-corrected chi connectivity index (χ1v) is 9.32. The molecule has 0 aromatic heterocycles. The van der Waals surface area contributed by atoms with Gasteiger partial charge in [0.05, 0.1) is 18.2 Å². The van der Waals surface area contributed by atoms with Crippen molar-refractivity contribution in [2.45, 2.75) is 19.9 Å². The minimum atomic E-state index is -0.907. The summed E-state index contributed by atoms with van der Waals surface area (Å²) in [5, 5.41) is 17.9. The molecule has 2 aromatic rings. The molecule has 0 spiro atoms. The van der Waals surface area contributed by atoms with E-state index in [-0.39, 0.29) is 17.2 Å². The highest BCUT2D eigenvalue weighted by Crippen LogP contribution is 2.20. The predicted octanol–water partition coefficient (Wildman–Crippen LogP) is 3.16. The molecule has 1 unspecified atom stereocenters. The minimum absolute atomic E-state index is 0.0785. The van der Waals surface area contributed by atoms with Gasteiger partial charge in [0.2, 0.25) is 0 Å². The Labute approximate surface area is 178 Å². The van der Waals surface area contributed by atoms with Crippen LogP contribution < -0.4 is 15.5 Å². The second-order valence-electron chi connectivity index (χ2n) is 6.62. The fraction of sp³-hybridized carbons (Fsp3) is 0.250. The zero-order valence-electron chi connectivity index (χ0n) is 16.6. The Morgan fingerprint density at radius 2 is 1.97 bits per heavy atom. The number of nitrogens with one attached hydrogen (secondary N) is 2. The average Bonchev–Trinajstić information content (AvgIpc) is 2.71. The Balaban J connectivity index is 2.10. The summed E-state index contributed by atoms with van der Waals surface area (Å²) >= 11 is 5.96. The number of hydrazone groups is 1. The van der Waals surface area contributed by atoms with Crippen molar-refractivity contribution in [1.29, 1.82) is 0 Å². The van der Waals surface area contributed by atoms with E-state index in [0.29, 0.717) is 16.3 Å². The van der Waals surface area contributed by atoms with Crippen LogP contribution in [0.5, 0.6) is 5.75 Å². The van der Waals surface area contributed by atoms with Crippen molar-refractivity contribution < 1.29 is 19.2 Å². The van der Waals surface area contributed by atoms with Crippen LogP contribution in [-0.4, -0.2) is 36.1 Å². The Kier molecular flexibility index (Phi) is 7.88. The molecule has 0 aliphatic rings. The Hall–Kier alpha value is -3.46. The van der Waals surface area contributed by atoms with Gasteiger partial charge in [-0.2, -0.15) is 5.10 Å². The van der Waals surface area contributed by atoms with Crippen LogP contribution in [0, 0.1) is 16.0 Å². The third-order valence-corrected chi connectivity index (χ3v) is 4.36. The number of halogens is 1. The van der Waals surface area contributed by atoms with Crippen LogP contribution in [0.3, 0.4) is 0 Å². The molecule has 2 amide bonds. The van der Waals surface area contributed by atoms with Crippen molar-refractivity contribution in [1.82, 2.24) is 10.7 Å². The molecule has 2 aromatic carbocycles. The van der Waals surface area contributed by atoms with E-state index in [1.807, 2.05) is 0 Å². The number of benzene rings is 2. The molecular weight excluding hydrogens is 412 g/mol. The van der Waals surface area contributed by atoms with Crippen molar-refractivity contribution in [3.8, 4) is 5.75 Å². The molecule has 0 saturated heterocycles. The molecule has 0 heterocycles. The van der Waals surface area contributed by atoms with Gasteiger partial charge in [0.1, 0.15) is 11.8 Å². The van der Waals surface area contributed by atoms with Crippen LogP contribution in [-0.2, 0) is 4.79 Å². The molecule has 2 N–H and O–H groups in total. The number of carbonyl (C=O) groups is 2. The number of rotatable bonds is 8. The lowest BCUT2D eigenvalue weighted by molar-refractivity contribution is -0.384. The highest BCUT2D eigenvalue weighted by Gasteiger charge is 2.25. The molecule has 9 nitrogen and oxygen atoms in total. The summed E-state index contributed by atoms with van der Waals surface area (Å²) in [5.74, 6) is -0.880. The van der Waals surface area contributed by atoms with Crippen LogP contribution in [0.4, 0.5) is 5.69 Å². The first-order chi connectivity index (χ1) is 14.2. The number of ether oxygens (including phenoxy) is 1. The van der Waals surface area contributed by atoms with E-state index in [2.05, 4.69) is 15.8 Å². The number of amides is 2. The summed E-state index contributed by atoms with van der Waals surface area (Å²) in [6, 6.07) is 9.31. The van der Waals surface area contributed by atoms with Gasteiger partial charge in [-0.15, -0.1) is 0 Å². The fourth-order valence-electron chi connectivity index (χ4n) is 2.56. The summed E-state index contributed by atoms with van der Waals surface area (Å²) in [4.78, 5) is 35.3. The number of hydrogen-bond donors (Lipinski definition) is 2. The molecular formula is C20H21ClN4O5. The maximum Gasteiger partial charge on any atom is 0.270 e. The van der Waals surface area contributed by atoms with Crippen molar-refractivity contribution in [2.24, 2.45) is 11.0 Å². The van der Waals surface area contributed by atoms with Gasteiger partial charge in [0, 0.05) is 28.3 Å². The lowest BCUT2D eigenvalue weighted by atomic mass is 10.0. The third-order valence-electron chi connectivity index (χ3n) is 4.13. The highest BCUT2D eigenvalue weighted by molar-refractivity contribution is 6.30. The summed E-state index contributed by atoms with van der Waals surface area (Å²) in [5.41, 5.74) is 2.80. The van der Waals surface area contributed by atoms with Gasteiger partial charge in [-0.25, -0.2) is 5.43 Å². The van der Waals surface area contributed by atoms with E-state index in [1.54, 1.807) is 32.0 Å². The first kappa shape index (κ1) is 22.8. The molecule has 158 valence electrons. The molecule has 30 heavy (non-hydrogen) atoms. The topological polar surface area (TPSA) is 123 Å². The summed E-state index contributed by atoms with van der Waals surface area (Å²) in [7, 11) is 1.50. The van der Waals surface area contributed by atoms with Crippen LogP contribution in [0.1, 0.15) is 29.8 Å². The van der Waals surface area contributed by atoms with E-state index in [1.165, 1.54) is 31.5 Å². The SMILES string of the molecule is COc1ccc(Cl)cc1C=NNC(=O)C(NC(=O)c1cccc([N+](=O)[O-])c1)C(C)C. The lowest BCUT2D eigenvalue weighted by Gasteiger charge is -2.20. The average molecular weight is 433 g/mol. The summed E-state index contributed by atoms with van der Waals surface area (Å²) in [6.07, 6.45) is 1.38. The van der Waals surface area contributed by atoms with Crippen molar-refractivity contribution in [3.05, 3.63) is 68.7 Å². The molecule has 0 fully saturated rings. The molecule has 0 aliphatic heterocycles. The normalized spacial score (nSPS) is 11.9. The van der Waals surface area contributed by atoms with Gasteiger partial charge < -0.3 is 10.1 Å². The lowest BCUT2D eigenvalue weighted by Crippen LogP contribution is -2.48. The molecule has 10 heteroatoms. The minimum Gasteiger partial charge on any atom is -0.496 e. The van der Waals surface area contributed by atoms with Crippen LogP contribution in [0.15, 0.2) is 47.6 Å². The predicted molar refractivity (Wildman–Crippen MR) is 113 cm³/mol. The van der Waals surface area contributed by atoms with Crippen molar-refractivity contribution in [2.75, 3.05) is 7.11 Å². The fourth-order valence-corrected chi connectivity index (χ4v) is 2.74. The number of hydrogen-bond acceptors (Lipinski definition) is 6. The third kappa shape index (κ3) is 6.02. The summed E-state index contributed by atoms with van der Waals surface area (Å²) < 4.78 is 5.20. The number of non-ortho nitro benzene ring substituents is 1. The standard InChI is InChI=1S/C20H21ClN4O5/c1-12(2)18(23-19(26)13-5-4-6-16(10-13)25(28)29)20(27)24-22-11-14-9-15(21)7-8-17(14)30-3/h4-12,18H,1-3H3,(H,23,26)(H,24,27). The number of methoxy groups -OCH3 is 1. The van der Waals surface area contributed by atoms with Crippen molar-refractivity contribution in [3.63, 3.8) is 0 Å². The van der Waals surface area contributed by atoms with Crippen LogP contribution in [0.25, 0.3) is 0 Å². The van der Waals surface area contributed by atoms with E-state index >= 15 is 0 Å². The Bertz CT molecular complexity index is 977. The van der Waals surface area contributed by atoms with Gasteiger partial charge in [0.15, 0.2) is 0 Å².